The van der Waals surface area contributed by atoms with Gasteiger partial charge in [-0.3, -0.25) is 4.79 Å². The summed E-state index contributed by atoms with van der Waals surface area (Å²) in [4.78, 5) is 11.3. The Bertz CT molecular complexity index is 287. The molecule has 1 aromatic carbocycles. The minimum Gasteiger partial charge on any atom is -0.293 e. The van der Waals surface area contributed by atoms with Crippen molar-refractivity contribution >= 4 is 37.6 Å². The molecule has 0 aromatic heterocycles. The third kappa shape index (κ3) is 2.42. The van der Waals surface area contributed by atoms with E-state index in [0.717, 1.165) is 15.6 Å². The average molecular weight is 292 g/mol. The molecular weight excluding hydrogens is 284 g/mol. The maximum Gasteiger partial charge on any atom is 0.173 e. The molecular formula is C9H8Br2O. The zero-order valence-corrected chi connectivity index (χ0v) is 9.78. The molecule has 64 valence electrons. The fourth-order valence-electron chi connectivity index (χ4n) is 0.974. The number of rotatable bonds is 2. The molecule has 12 heavy (non-hydrogen) atoms. The second-order valence-electron chi connectivity index (χ2n) is 2.57. The highest BCUT2D eigenvalue weighted by molar-refractivity contribution is 9.10. The first-order chi connectivity index (χ1) is 5.63. The first-order valence-corrected chi connectivity index (χ1v) is 5.41. The van der Waals surface area contributed by atoms with Gasteiger partial charge in [-0.15, -0.1) is 0 Å². The van der Waals surface area contributed by atoms with E-state index in [-0.39, 0.29) is 5.78 Å². The summed E-state index contributed by atoms with van der Waals surface area (Å²) in [7, 11) is 0. The van der Waals surface area contributed by atoms with Crippen LogP contribution in [0.15, 0.2) is 22.7 Å². The SMILES string of the molecule is Cc1cc(Br)cc(C(=O)CBr)c1. The number of ketones is 1. The van der Waals surface area contributed by atoms with Crippen molar-refractivity contribution in [1.29, 1.82) is 0 Å². The van der Waals surface area contributed by atoms with Gasteiger partial charge in [0.1, 0.15) is 0 Å². The van der Waals surface area contributed by atoms with Crippen molar-refractivity contribution in [2.45, 2.75) is 6.92 Å². The fourth-order valence-corrected chi connectivity index (χ4v) is 1.91. The molecule has 3 heteroatoms. The van der Waals surface area contributed by atoms with Crippen LogP contribution in [-0.2, 0) is 0 Å². The van der Waals surface area contributed by atoms with E-state index in [2.05, 4.69) is 31.9 Å². The lowest BCUT2D eigenvalue weighted by molar-refractivity contribution is 0.102. The Morgan fingerprint density at radius 1 is 1.42 bits per heavy atom. The molecule has 1 aromatic rings. The van der Waals surface area contributed by atoms with Crippen LogP contribution in [0.4, 0.5) is 0 Å². The molecule has 0 saturated heterocycles. The molecule has 0 N–H and O–H groups in total. The van der Waals surface area contributed by atoms with Gasteiger partial charge < -0.3 is 0 Å². The maximum absolute atomic E-state index is 11.3. The highest BCUT2D eigenvalue weighted by atomic mass is 79.9. The monoisotopic (exact) mass is 290 g/mol. The lowest BCUT2D eigenvalue weighted by Crippen LogP contribution is -1.99. The van der Waals surface area contributed by atoms with Gasteiger partial charge in [-0.2, -0.15) is 0 Å². The largest absolute Gasteiger partial charge is 0.293 e. The third-order valence-electron chi connectivity index (χ3n) is 1.49. The van der Waals surface area contributed by atoms with Crippen LogP contribution in [-0.4, -0.2) is 11.1 Å². The van der Waals surface area contributed by atoms with Gasteiger partial charge in [0.2, 0.25) is 0 Å². The van der Waals surface area contributed by atoms with Gasteiger partial charge in [0.15, 0.2) is 5.78 Å². The summed E-state index contributed by atoms with van der Waals surface area (Å²) in [6.45, 7) is 1.97. The number of hydrogen-bond acceptors (Lipinski definition) is 1. The summed E-state index contributed by atoms with van der Waals surface area (Å²) >= 11 is 6.48. The molecule has 0 atom stereocenters. The third-order valence-corrected chi connectivity index (χ3v) is 2.45. The summed E-state index contributed by atoms with van der Waals surface area (Å²) in [6.07, 6.45) is 0. The molecule has 1 nitrogen and oxygen atoms in total. The highest BCUT2D eigenvalue weighted by Crippen LogP contribution is 2.16. The minimum atomic E-state index is 0.111. The molecule has 0 aliphatic carbocycles. The molecule has 1 rings (SSSR count). The number of aryl methyl sites for hydroxylation is 1. The van der Waals surface area contributed by atoms with E-state index in [0.29, 0.717) is 5.33 Å². The van der Waals surface area contributed by atoms with Gasteiger partial charge in [-0.25, -0.2) is 0 Å². The number of alkyl halides is 1. The number of carbonyl (C=O) groups excluding carboxylic acids is 1. The lowest BCUT2D eigenvalue weighted by atomic mass is 10.1. The van der Waals surface area contributed by atoms with E-state index in [4.69, 9.17) is 0 Å². The van der Waals surface area contributed by atoms with Crippen molar-refractivity contribution in [1.82, 2.24) is 0 Å². The Morgan fingerprint density at radius 3 is 2.58 bits per heavy atom. The van der Waals surface area contributed by atoms with Crippen LogP contribution in [0.25, 0.3) is 0 Å². The Hall–Kier alpha value is -0.150. The van der Waals surface area contributed by atoms with Crippen LogP contribution in [0.2, 0.25) is 0 Å². The number of carbonyl (C=O) groups is 1. The molecule has 0 radical (unpaired) electrons. The van der Waals surface area contributed by atoms with Crippen molar-refractivity contribution in [3.8, 4) is 0 Å². The van der Waals surface area contributed by atoms with Crippen molar-refractivity contribution in [2.75, 3.05) is 5.33 Å². The second-order valence-corrected chi connectivity index (χ2v) is 4.05. The van der Waals surface area contributed by atoms with Gasteiger partial charge in [-0.05, 0) is 30.7 Å². The Morgan fingerprint density at radius 2 is 2.08 bits per heavy atom. The zero-order valence-electron chi connectivity index (χ0n) is 6.60. The molecule has 0 saturated carbocycles. The van der Waals surface area contributed by atoms with Crippen LogP contribution < -0.4 is 0 Å². The molecule has 0 aliphatic heterocycles. The topological polar surface area (TPSA) is 17.1 Å². The summed E-state index contributed by atoms with van der Waals surface area (Å²) < 4.78 is 0.951. The van der Waals surface area contributed by atoms with E-state index < -0.39 is 0 Å². The molecule has 0 aliphatic rings. The van der Waals surface area contributed by atoms with E-state index in [9.17, 15) is 4.79 Å². The predicted molar refractivity (Wildman–Crippen MR) is 57.0 cm³/mol. The van der Waals surface area contributed by atoms with Gasteiger partial charge in [0, 0.05) is 10.0 Å². The standard InChI is InChI=1S/C9H8Br2O/c1-6-2-7(9(12)5-10)4-8(11)3-6/h2-4H,5H2,1H3. The first kappa shape index (κ1) is 9.93. The van der Waals surface area contributed by atoms with Gasteiger partial charge in [-0.1, -0.05) is 31.9 Å². The van der Waals surface area contributed by atoms with Gasteiger partial charge in [0.25, 0.3) is 0 Å². The van der Waals surface area contributed by atoms with Crippen molar-refractivity contribution < 1.29 is 4.79 Å². The Balaban J connectivity index is 3.08. The maximum atomic E-state index is 11.3. The normalized spacial score (nSPS) is 9.92. The molecule has 0 fully saturated rings. The van der Waals surface area contributed by atoms with Gasteiger partial charge in [0.05, 0.1) is 5.33 Å². The molecule has 0 bridgehead atoms. The van der Waals surface area contributed by atoms with E-state index in [1.54, 1.807) is 0 Å². The van der Waals surface area contributed by atoms with Crippen LogP contribution in [0.3, 0.4) is 0 Å². The van der Waals surface area contributed by atoms with Crippen molar-refractivity contribution in [3.05, 3.63) is 33.8 Å². The van der Waals surface area contributed by atoms with Crippen LogP contribution in [0.5, 0.6) is 0 Å². The molecule has 0 spiro atoms. The average Bonchev–Trinajstić information content (AvgIpc) is 2.01. The first-order valence-electron chi connectivity index (χ1n) is 3.50. The van der Waals surface area contributed by atoms with Gasteiger partial charge >= 0.3 is 0 Å². The van der Waals surface area contributed by atoms with Crippen molar-refractivity contribution in [3.63, 3.8) is 0 Å². The minimum absolute atomic E-state index is 0.111. The number of Topliss-reactive ketones (excluding diaryl/α,β-unsaturated/α-hetero) is 1. The highest BCUT2D eigenvalue weighted by Gasteiger charge is 2.04. The zero-order chi connectivity index (χ0) is 9.14. The van der Waals surface area contributed by atoms with Crippen LogP contribution in [0, 0.1) is 6.92 Å². The molecule has 0 amide bonds. The lowest BCUT2D eigenvalue weighted by Gasteiger charge is -2.00. The Labute approximate surface area is 88.4 Å². The van der Waals surface area contributed by atoms with E-state index in [1.807, 2.05) is 25.1 Å². The predicted octanol–water partition coefficient (Wildman–Crippen LogP) is 3.34. The van der Waals surface area contributed by atoms with Crippen molar-refractivity contribution in [2.24, 2.45) is 0 Å². The van der Waals surface area contributed by atoms with Crippen LogP contribution in [0.1, 0.15) is 15.9 Å². The molecule has 0 heterocycles. The summed E-state index contributed by atoms with van der Waals surface area (Å²) in [5.41, 5.74) is 1.84. The number of benzene rings is 1. The quantitative estimate of drug-likeness (QED) is 0.603. The second kappa shape index (κ2) is 4.19. The van der Waals surface area contributed by atoms with E-state index >= 15 is 0 Å². The number of hydrogen-bond donors (Lipinski definition) is 0. The number of halogens is 2. The smallest absolute Gasteiger partial charge is 0.173 e. The summed E-state index contributed by atoms with van der Waals surface area (Å²) in [5, 5.41) is 0.378. The summed E-state index contributed by atoms with van der Waals surface area (Å²) in [6, 6.07) is 5.69. The summed E-state index contributed by atoms with van der Waals surface area (Å²) in [5.74, 6) is 0.111. The fraction of sp³-hybridized carbons (Fsp3) is 0.222. The van der Waals surface area contributed by atoms with Crippen LogP contribution >= 0.6 is 31.9 Å². The Kier molecular flexibility index (Phi) is 3.47. The van der Waals surface area contributed by atoms with E-state index in [1.165, 1.54) is 0 Å². The molecule has 0 unspecified atom stereocenters.